The third-order valence-corrected chi connectivity index (χ3v) is 3.47. The molecule has 3 heterocycles. The number of carbonyl (C=O) groups is 1. The maximum Gasteiger partial charge on any atom is 0.223 e. The molecular weight excluding hydrogens is 238 g/mol. The van der Waals surface area contributed by atoms with Gasteiger partial charge in [0.25, 0.3) is 0 Å². The Labute approximate surface area is 101 Å². The average molecular weight is 249 g/mol. The van der Waals surface area contributed by atoms with Gasteiger partial charge in [0.1, 0.15) is 10.6 Å². The zero-order chi connectivity index (χ0) is 11.8. The molecule has 0 saturated carbocycles. The number of aromatic nitrogens is 2. The Morgan fingerprint density at radius 3 is 3.18 bits per heavy atom. The number of nitrogens with one attached hydrogen (secondary N) is 2. The van der Waals surface area contributed by atoms with Gasteiger partial charge in [0.05, 0.1) is 11.4 Å². The number of nitrogens with zero attached hydrogens (tertiary/aromatic N) is 2. The number of hydrogen-bond acceptors (Lipinski definition) is 6. The molecule has 88 valence electrons. The van der Waals surface area contributed by atoms with E-state index in [0.717, 1.165) is 10.2 Å². The van der Waals surface area contributed by atoms with Gasteiger partial charge in [0.15, 0.2) is 0 Å². The quantitative estimate of drug-likeness (QED) is 0.723. The monoisotopic (exact) mass is 249 g/mol. The van der Waals surface area contributed by atoms with Crippen LogP contribution in [0.2, 0.25) is 0 Å². The van der Waals surface area contributed by atoms with Gasteiger partial charge in [-0.1, -0.05) is 0 Å². The molecule has 1 saturated heterocycles. The predicted octanol–water partition coefficient (Wildman–Crippen LogP) is 0.574. The van der Waals surface area contributed by atoms with E-state index in [1.807, 2.05) is 11.4 Å². The number of anilines is 2. The van der Waals surface area contributed by atoms with Crippen molar-refractivity contribution in [2.45, 2.75) is 12.5 Å². The van der Waals surface area contributed by atoms with Crippen molar-refractivity contribution in [3.8, 4) is 0 Å². The van der Waals surface area contributed by atoms with E-state index in [-0.39, 0.29) is 17.9 Å². The highest BCUT2D eigenvalue weighted by Crippen LogP contribution is 2.26. The van der Waals surface area contributed by atoms with Gasteiger partial charge in [-0.15, -0.1) is 11.3 Å². The van der Waals surface area contributed by atoms with Gasteiger partial charge in [-0.3, -0.25) is 4.79 Å². The van der Waals surface area contributed by atoms with Crippen LogP contribution < -0.4 is 16.4 Å². The fourth-order valence-electron chi connectivity index (χ4n) is 1.88. The fraction of sp³-hybridized carbons (Fsp3) is 0.300. The molecule has 0 aromatic carbocycles. The Bertz CT molecular complexity index is 581. The number of nitrogen functional groups attached to an aromatic ring is 1. The van der Waals surface area contributed by atoms with Crippen molar-refractivity contribution >= 4 is 39.2 Å². The molecule has 1 unspecified atom stereocenters. The van der Waals surface area contributed by atoms with E-state index < -0.39 is 0 Å². The second-order valence-electron chi connectivity index (χ2n) is 3.92. The second kappa shape index (κ2) is 3.85. The Morgan fingerprint density at radius 2 is 2.41 bits per heavy atom. The molecule has 2 aromatic heterocycles. The summed E-state index contributed by atoms with van der Waals surface area (Å²) >= 11 is 1.52. The molecule has 0 aliphatic carbocycles. The first-order valence-electron chi connectivity index (χ1n) is 5.26. The number of thiophene rings is 1. The van der Waals surface area contributed by atoms with Crippen LogP contribution in [0.15, 0.2) is 11.4 Å². The van der Waals surface area contributed by atoms with E-state index in [4.69, 9.17) is 5.73 Å². The molecule has 0 spiro atoms. The minimum absolute atomic E-state index is 0.0612. The number of carbonyl (C=O) groups excluding carboxylic acids is 1. The van der Waals surface area contributed by atoms with Crippen LogP contribution in [0, 0.1) is 0 Å². The Kier molecular flexibility index (Phi) is 2.32. The van der Waals surface area contributed by atoms with E-state index in [1.165, 1.54) is 11.3 Å². The zero-order valence-corrected chi connectivity index (χ0v) is 9.75. The number of rotatable bonds is 2. The first-order valence-corrected chi connectivity index (χ1v) is 6.14. The lowest BCUT2D eigenvalue weighted by molar-refractivity contribution is -0.119. The highest BCUT2D eigenvalue weighted by atomic mass is 32.1. The van der Waals surface area contributed by atoms with Crippen molar-refractivity contribution in [3.63, 3.8) is 0 Å². The average Bonchev–Trinajstić information content (AvgIpc) is 2.87. The summed E-state index contributed by atoms with van der Waals surface area (Å²) in [6, 6.07) is 2.02. The van der Waals surface area contributed by atoms with Gasteiger partial charge in [-0.25, -0.2) is 4.98 Å². The summed E-state index contributed by atoms with van der Waals surface area (Å²) in [5.74, 6) is 1.01. The summed E-state index contributed by atoms with van der Waals surface area (Å²) in [5, 5.41) is 8.90. The van der Waals surface area contributed by atoms with Crippen LogP contribution in [0.25, 0.3) is 10.2 Å². The zero-order valence-electron chi connectivity index (χ0n) is 8.93. The predicted molar refractivity (Wildman–Crippen MR) is 66.9 cm³/mol. The summed E-state index contributed by atoms with van der Waals surface area (Å²) in [6.07, 6.45) is 0.468. The minimum atomic E-state index is 0.0612. The highest BCUT2D eigenvalue weighted by Gasteiger charge is 2.22. The van der Waals surface area contributed by atoms with Crippen LogP contribution in [0.5, 0.6) is 0 Å². The van der Waals surface area contributed by atoms with Gasteiger partial charge in [-0.05, 0) is 11.4 Å². The molecule has 0 bridgehead atoms. The van der Waals surface area contributed by atoms with Crippen molar-refractivity contribution in [2.75, 3.05) is 17.6 Å². The largest absolute Gasteiger partial charge is 0.368 e. The Hall–Kier alpha value is -1.89. The van der Waals surface area contributed by atoms with Gasteiger partial charge in [-0.2, -0.15) is 4.98 Å². The molecule has 1 fully saturated rings. The van der Waals surface area contributed by atoms with Crippen LogP contribution in [0.1, 0.15) is 6.42 Å². The summed E-state index contributed by atoms with van der Waals surface area (Å²) in [7, 11) is 0. The van der Waals surface area contributed by atoms with E-state index >= 15 is 0 Å². The van der Waals surface area contributed by atoms with E-state index in [9.17, 15) is 4.79 Å². The van der Waals surface area contributed by atoms with Gasteiger partial charge in [0.2, 0.25) is 11.9 Å². The number of amides is 1. The SMILES string of the molecule is Nc1nc(NC2CNC(=O)C2)c2ccsc2n1. The van der Waals surface area contributed by atoms with Crippen molar-refractivity contribution < 1.29 is 4.79 Å². The molecule has 2 aromatic rings. The summed E-state index contributed by atoms with van der Waals surface area (Å²) in [6.45, 7) is 0.619. The van der Waals surface area contributed by atoms with E-state index in [1.54, 1.807) is 0 Å². The standard InChI is InChI=1S/C10H11N5OS/c11-10-14-8(6-1-2-17-9(6)15-10)13-5-3-7(16)12-4-5/h1-2,5H,3-4H2,(H,12,16)(H3,11,13,14,15). The van der Waals surface area contributed by atoms with Gasteiger partial charge in [0, 0.05) is 13.0 Å². The maximum absolute atomic E-state index is 11.1. The summed E-state index contributed by atoms with van der Waals surface area (Å²) in [4.78, 5) is 20.3. The molecular formula is C10H11N5OS. The van der Waals surface area contributed by atoms with Crippen molar-refractivity contribution in [1.82, 2.24) is 15.3 Å². The topological polar surface area (TPSA) is 92.9 Å². The van der Waals surface area contributed by atoms with Crippen molar-refractivity contribution in [1.29, 1.82) is 0 Å². The van der Waals surface area contributed by atoms with Gasteiger partial charge < -0.3 is 16.4 Å². The van der Waals surface area contributed by atoms with Crippen LogP contribution >= 0.6 is 11.3 Å². The van der Waals surface area contributed by atoms with Crippen LogP contribution in [-0.2, 0) is 4.79 Å². The van der Waals surface area contributed by atoms with Crippen LogP contribution in [-0.4, -0.2) is 28.5 Å². The van der Waals surface area contributed by atoms with Crippen LogP contribution in [0.3, 0.4) is 0 Å². The molecule has 1 atom stereocenters. The molecule has 7 heteroatoms. The Balaban J connectivity index is 1.93. The number of nitrogens with two attached hydrogens (primary N) is 1. The Morgan fingerprint density at radius 1 is 1.53 bits per heavy atom. The third-order valence-electron chi connectivity index (χ3n) is 2.66. The van der Waals surface area contributed by atoms with Crippen molar-refractivity contribution in [3.05, 3.63) is 11.4 Å². The normalized spacial score (nSPS) is 19.5. The molecule has 1 amide bonds. The van der Waals surface area contributed by atoms with E-state index in [0.29, 0.717) is 18.8 Å². The third kappa shape index (κ3) is 1.89. The first-order chi connectivity index (χ1) is 8.22. The number of hydrogen-bond donors (Lipinski definition) is 3. The fourth-order valence-corrected chi connectivity index (χ4v) is 2.65. The molecule has 17 heavy (non-hydrogen) atoms. The first kappa shape index (κ1) is 10.3. The second-order valence-corrected chi connectivity index (χ2v) is 4.81. The van der Waals surface area contributed by atoms with Crippen molar-refractivity contribution in [2.24, 2.45) is 0 Å². The number of fused-ring (bicyclic) bond motifs is 1. The lowest BCUT2D eigenvalue weighted by Crippen LogP contribution is -2.23. The minimum Gasteiger partial charge on any atom is -0.368 e. The lowest BCUT2D eigenvalue weighted by Gasteiger charge is -2.12. The highest BCUT2D eigenvalue weighted by molar-refractivity contribution is 7.16. The molecule has 3 rings (SSSR count). The molecule has 1 aliphatic heterocycles. The van der Waals surface area contributed by atoms with Gasteiger partial charge >= 0.3 is 0 Å². The smallest absolute Gasteiger partial charge is 0.223 e. The molecule has 0 radical (unpaired) electrons. The summed E-state index contributed by atoms with van der Waals surface area (Å²) < 4.78 is 0. The maximum atomic E-state index is 11.1. The van der Waals surface area contributed by atoms with Crippen LogP contribution in [0.4, 0.5) is 11.8 Å². The molecule has 1 aliphatic rings. The van der Waals surface area contributed by atoms with E-state index in [2.05, 4.69) is 20.6 Å². The molecule has 4 N–H and O–H groups in total. The molecule has 6 nitrogen and oxygen atoms in total. The lowest BCUT2D eigenvalue weighted by atomic mass is 10.2. The summed E-state index contributed by atoms with van der Waals surface area (Å²) in [5.41, 5.74) is 5.65.